The Balaban J connectivity index is 1.81. The molecule has 8 nitrogen and oxygen atoms in total. The summed E-state index contributed by atoms with van der Waals surface area (Å²) in [6.07, 6.45) is 0. The molecule has 1 amide bonds. The SMILES string of the molecule is COc1cccc2cc(C(=O)Nc3ccc(F)cc3F)/c(=N\NS(=O)(=O)c3ccc(C)cc3)oc12. The van der Waals surface area contributed by atoms with Gasteiger partial charge in [-0.2, -0.15) is 13.2 Å². The van der Waals surface area contributed by atoms with Gasteiger partial charge in [-0.25, -0.2) is 8.78 Å². The second-order valence-corrected chi connectivity index (χ2v) is 9.10. The van der Waals surface area contributed by atoms with E-state index >= 15 is 0 Å². The Morgan fingerprint density at radius 1 is 1.03 bits per heavy atom. The molecule has 180 valence electrons. The van der Waals surface area contributed by atoms with Gasteiger partial charge in [-0.05, 0) is 43.3 Å². The van der Waals surface area contributed by atoms with Crippen molar-refractivity contribution in [3.63, 3.8) is 0 Å². The molecule has 4 aromatic rings. The normalized spacial score (nSPS) is 11.9. The summed E-state index contributed by atoms with van der Waals surface area (Å²) in [5, 5.41) is 6.58. The van der Waals surface area contributed by atoms with E-state index in [0.717, 1.165) is 17.7 Å². The van der Waals surface area contributed by atoms with Crippen LogP contribution < -0.4 is 20.4 Å². The summed E-state index contributed by atoms with van der Waals surface area (Å²) >= 11 is 0. The Hall–Kier alpha value is -4.25. The third kappa shape index (κ3) is 5.14. The zero-order valence-electron chi connectivity index (χ0n) is 18.5. The van der Waals surface area contributed by atoms with Gasteiger partial charge in [0, 0.05) is 11.5 Å². The quantitative estimate of drug-likeness (QED) is 0.389. The first-order valence-electron chi connectivity index (χ1n) is 10.2. The molecule has 4 rings (SSSR count). The van der Waals surface area contributed by atoms with Crippen LogP contribution in [-0.4, -0.2) is 21.4 Å². The number of rotatable bonds is 6. The third-order valence-electron chi connectivity index (χ3n) is 4.98. The number of fused-ring (bicyclic) bond motifs is 1. The van der Waals surface area contributed by atoms with Crippen molar-refractivity contribution in [1.29, 1.82) is 0 Å². The molecule has 0 saturated heterocycles. The second kappa shape index (κ2) is 9.55. The molecule has 0 spiro atoms. The fourth-order valence-electron chi connectivity index (χ4n) is 3.18. The van der Waals surface area contributed by atoms with Crippen molar-refractivity contribution in [3.05, 3.63) is 95.0 Å². The molecule has 1 heterocycles. The van der Waals surface area contributed by atoms with Crippen LogP contribution in [0.5, 0.6) is 5.75 Å². The number of methoxy groups -OCH3 is 1. The van der Waals surface area contributed by atoms with E-state index < -0.39 is 33.1 Å². The van der Waals surface area contributed by atoms with E-state index in [1.807, 2.05) is 6.92 Å². The number of ether oxygens (including phenoxy) is 1. The molecule has 0 saturated carbocycles. The van der Waals surface area contributed by atoms with Gasteiger partial charge >= 0.3 is 0 Å². The fourth-order valence-corrected chi connectivity index (χ4v) is 3.99. The van der Waals surface area contributed by atoms with Crippen molar-refractivity contribution < 1.29 is 31.1 Å². The lowest BCUT2D eigenvalue weighted by atomic mass is 10.1. The average molecular weight is 499 g/mol. The number of benzene rings is 3. The number of para-hydroxylation sites is 1. The molecule has 2 N–H and O–H groups in total. The van der Waals surface area contributed by atoms with Crippen molar-refractivity contribution in [2.45, 2.75) is 11.8 Å². The highest BCUT2D eigenvalue weighted by atomic mass is 32.2. The molecule has 1 aromatic heterocycles. The Morgan fingerprint density at radius 3 is 2.46 bits per heavy atom. The van der Waals surface area contributed by atoms with Crippen LogP contribution in [0.15, 0.2) is 81.1 Å². The first kappa shape index (κ1) is 23.9. The van der Waals surface area contributed by atoms with Crippen LogP contribution in [-0.2, 0) is 10.0 Å². The lowest BCUT2D eigenvalue weighted by Crippen LogP contribution is -2.27. The van der Waals surface area contributed by atoms with Crippen LogP contribution in [0.4, 0.5) is 14.5 Å². The highest BCUT2D eigenvalue weighted by Crippen LogP contribution is 2.25. The fraction of sp³-hybridized carbons (Fsp3) is 0.0833. The number of hydrogen-bond acceptors (Lipinski definition) is 6. The number of carbonyl (C=O) groups is 1. The molecule has 0 unspecified atom stereocenters. The average Bonchev–Trinajstić information content (AvgIpc) is 2.83. The lowest BCUT2D eigenvalue weighted by Gasteiger charge is -2.10. The van der Waals surface area contributed by atoms with Gasteiger partial charge in [-0.15, -0.1) is 5.10 Å². The van der Waals surface area contributed by atoms with Gasteiger partial charge in [0.25, 0.3) is 15.9 Å². The van der Waals surface area contributed by atoms with Crippen molar-refractivity contribution in [3.8, 4) is 5.75 Å². The third-order valence-corrected chi connectivity index (χ3v) is 6.21. The second-order valence-electron chi connectivity index (χ2n) is 7.44. The van der Waals surface area contributed by atoms with Crippen molar-refractivity contribution in [1.82, 2.24) is 4.83 Å². The maximum absolute atomic E-state index is 14.1. The lowest BCUT2D eigenvalue weighted by molar-refractivity contribution is 0.102. The summed E-state index contributed by atoms with van der Waals surface area (Å²) in [7, 11) is -2.68. The van der Waals surface area contributed by atoms with E-state index in [4.69, 9.17) is 9.15 Å². The molecular formula is C24H19F2N3O5S. The number of aryl methyl sites for hydroxylation is 1. The van der Waals surface area contributed by atoms with E-state index in [1.165, 1.54) is 25.3 Å². The molecule has 0 aliphatic heterocycles. The zero-order valence-corrected chi connectivity index (χ0v) is 19.3. The first-order valence-corrected chi connectivity index (χ1v) is 11.7. The van der Waals surface area contributed by atoms with Crippen LogP contribution in [0.2, 0.25) is 0 Å². The topological polar surface area (TPSA) is 110 Å². The highest BCUT2D eigenvalue weighted by molar-refractivity contribution is 7.89. The predicted molar refractivity (Wildman–Crippen MR) is 124 cm³/mol. The van der Waals surface area contributed by atoms with Crippen molar-refractivity contribution >= 4 is 32.6 Å². The summed E-state index contributed by atoms with van der Waals surface area (Å²) in [5.41, 5.74) is 0.171. The minimum Gasteiger partial charge on any atom is -0.493 e. The maximum Gasteiger partial charge on any atom is 0.276 e. The minimum absolute atomic E-state index is 0.0513. The first-order chi connectivity index (χ1) is 16.7. The molecule has 3 aromatic carbocycles. The van der Waals surface area contributed by atoms with E-state index in [-0.39, 0.29) is 21.7 Å². The number of hydrogen-bond donors (Lipinski definition) is 2. The van der Waals surface area contributed by atoms with Crippen LogP contribution in [0.3, 0.4) is 0 Å². The van der Waals surface area contributed by atoms with E-state index in [9.17, 15) is 22.0 Å². The number of sulfonamides is 1. The summed E-state index contributed by atoms with van der Waals surface area (Å²) in [4.78, 5) is 15.0. The summed E-state index contributed by atoms with van der Waals surface area (Å²) < 4.78 is 63.7. The Bertz CT molecular complexity index is 1600. The van der Waals surface area contributed by atoms with Crippen molar-refractivity contribution in [2.75, 3.05) is 12.4 Å². The standard InChI is InChI=1S/C24H19F2N3O5S/c1-14-6-9-17(10-7-14)35(31,32)29-28-24-18(12-15-4-3-5-21(33-2)22(15)34-24)23(30)27-20-11-8-16(25)13-19(20)26/h3-13,29H,1-2H3,(H,27,30)/b28-24+. The maximum atomic E-state index is 14.1. The van der Waals surface area contributed by atoms with Gasteiger partial charge in [-0.3, -0.25) is 4.79 Å². The highest BCUT2D eigenvalue weighted by Gasteiger charge is 2.18. The molecule has 0 bridgehead atoms. The number of halogens is 2. The Morgan fingerprint density at radius 2 is 1.77 bits per heavy atom. The van der Waals surface area contributed by atoms with Crippen LogP contribution in [0.25, 0.3) is 11.0 Å². The largest absolute Gasteiger partial charge is 0.493 e. The zero-order chi connectivity index (χ0) is 25.2. The summed E-state index contributed by atoms with van der Waals surface area (Å²) in [6, 6.07) is 15.0. The van der Waals surface area contributed by atoms with Crippen LogP contribution in [0, 0.1) is 18.6 Å². The molecule has 11 heteroatoms. The van der Waals surface area contributed by atoms with Gasteiger partial charge in [0.1, 0.15) is 17.2 Å². The Kier molecular flexibility index (Phi) is 6.52. The van der Waals surface area contributed by atoms with E-state index in [0.29, 0.717) is 17.2 Å². The van der Waals surface area contributed by atoms with E-state index in [2.05, 4.69) is 15.2 Å². The monoisotopic (exact) mass is 499 g/mol. The molecule has 0 radical (unpaired) electrons. The van der Waals surface area contributed by atoms with E-state index in [1.54, 1.807) is 30.3 Å². The van der Waals surface area contributed by atoms with Crippen molar-refractivity contribution in [2.24, 2.45) is 5.10 Å². The summed E-state index contributed by atoms with van der Waals surface area (Å²) in [6.45, 7) is 1.81. The number of carbonyl (C=O) groups excluding carboxylic acids is 1. The molecule has 35 heavy (non-hydrogen) atoms. The van der Waals surface area contributed by atoms with Gasteiger partial charge in [0.05, 0.1) is 17.7 Å². The van der Waals surface area contributed by atoms with Crippen LogP contribution in [0.1, 0.15) is 15.9 Å². The number of nitrogens with one attached hydrogen (secondary N) is 2. The van der Waals surface area contributed by atoms with Gasteiger partial charge in [0.15, 0.2) is 11.3 Å². The molecule has 0 aliphatic rings. The Labute approximate surface area is 198 Å². The molecule has 0 fully saturated rings. The number of nitrogens with zero attached hydrogens (tertiary/aromatic N) is 1. The minimum atomic E-state index is -4.10. The van der Waals surface area contributed by atoms with Crippen LogP contribution >= 0.6 is 0 Å². The van der Waals surface area contributed by atoms with Gasteiger partial charge in [-0.1, -0.05) is 29.8 Å². The number of amides is 1. The molecular weight excluding hydrogens is 480 g/mol. The smallest absolute Gasteiger partial charge is 0.276 e. The predicted octanol–water partition coefficient (Wildman–Crippen LogP) is 4.07. The number of anilines is 1. The molecule has 0 aliphatic carbocycles. The van der Waals surface area contributed by atoms with Gasteiger partial charge < -0.3 is 14.5 Å². The molecule has 0 atom stereocenters. The van der Waals surface area contributed by atoms with Gasteiger partial charge in [0.2, 0.25) is 5.55 Å². The summed E-state index contributed by atoms with van der Waals surface area (Å²) in [5.74, 6) is -2.35.